The van der Waals surface area contributed by atoms with Crippen molar-refractivity contribution in [1.29, 1.82) is 0 Å². The van der Waals surface area contributed by atoms with Crippen LogP contribution in [0.3, 0.4) is 0 Å². The van der Waals surface area contributed by atoms with Crippen molar-refractivity contribution in [2.24, 2.45) is 11.7 Å². The van der Waals surface area contributed by atoms with Gasteiger partial charge in [0.25, 0.3) is 5.91 Å². The molecule has 2 heterocycles. The van der Waals surface area contributed by atoms with E-state index in [-0.39, 0.29) is 29.5 Å². The minimum absolute atomic E-state index is 0.0211. The third-order valence-electron chi connectivity index (χ3n) is 4.39. The van der Waals surface area contributed by atoms with Crippen LogP contribution in [0.4, 0.5) is 0 Å². The molecule has 3 rings (SSSR count). The Kier molecular flexibility index (Phi) is 4.57. The molecule has 2 aromatic rings. The van der Waals surface area contributed by atoms with E-state index in [1.165, 1.54) is 0 Å². The average molecular weight is 348 g/mol. The lowest BCUT2D eigenvalue weighted by Crippen LogP contribution is -2.48. The van der Waals surface area contributed by atoms with Gasteiger partial charge in [-0.1, -0.05) is 28.9 Å². The molecular formula is C17H18ClN3O3. The van der Waals surface area contributed by atoms with Gasteiger partial charge in [0.1, 0.15) is 5.69 Å². The maximum Gasteiger partial charge on any atom is 0.292 e. The first-order valence-corrected chi connectivity index (χ1v) is 8.16. The first-order chi connectivity index (χ1) is 11.5. The number of carbonyl (C=O) groups is 2. The monoisotopic (exact) mass is 347 g/mol. The number of nitrogens with zero attached hydrogens (tertiary/aromatic N) is 2. The predicted molar refractivity (Wildman–Crippen MR) is 89.4 cm³/mol. The van der Waals surface area contributed by atoms with E-state index in [1.807, 2.05) is 13.0 Å². The molecule has 0 bridgehead atoms. The van der Waals surface area contributed by atoms with Gasteiger partial charge < -0.3 is 15.2 Å². The van der Waals surface area contributed by atoms with Crippen molar-refractivity contribution in [3.63, 3.8) is 0 Å². The van der Waals surface area contributed by atoms with Crippen LogP contribution in [-0.4, -0.2) is 34.5 Å². The Morgan fingerprint density at radius 3 is 2.83 bits per heavy atom. The molecule has 24 heavy (non-hydrogen) atoms. The molecule has 126 valence electrons. The molecule has 0 aliphatic carbocycles. The van der Waals surface area contributed by atoms with Crippen molar-refractivity contribution in [3.05, 3.63) is 41.1 Å². The highest BCUT2D eigenvalue weighted by Gasteiger charge is 2.33. The van der Waals surface area contributed by atoms with Gasteiger partial charge in [-0.3, -0.25) is 9.59 Å². The summed E-state index contributed by atoms with van der Waals surface area (Å²) < 4.78 is 5.22. The lowest BCUT2D eigenvalue weighted by molar-refractivity contribution is -0.123. The van der Waals surface area contributed by atoms with E-state index in [0.717, 1.165) is 12.0 Å². The minimum atomic E-state index is -0.378. The number of piperidine rings is 1. The van der Waals surface area contributed by atoms with Crippen molar-refractivity contribution in [1.82, 2.24) is 10.1 Å². The Bertz CT molecular complexity index is 774. The van der Waals surface area contributed by atoms with Gasteiger partial charge >= 0.3 is 0 Å². The molecule has 2 amide bonds. The number of nitrogens with two attached hydrogens (primary N) is 1. The Balaban J connectivity index is 1.81. The van der Waals surface area contributed by atoms with E-state index in [2.05, 4.69) is 5.16 Å². The predicted octanol–water partition coefficient (Wildman–Crippen LogP) is 2.72. The summed E-state index contributed by atoms with van der Waals surface area (Å²) in [6, 6.07) is 8.77. The topological polar surface area (TPSA) is 89.4 Å². The van der Waals surface area contributed by atoms with Crippen molar-refractivity contribution >= 4 is 23.4 Å². The van der Waals surface area contributed by atoms with Crippen LogP contribution in [-0.2, 0) is 4.79 Å². The molecule has 0 spiro atoms. The van der Waals surface area contributed by atoms with Gasteiger partial charge in [-0.25, -0.2) is 0 Å². The van der Waals surface area contributed by atoms with Crippen LogP contribution in [0.25, 0.3) is 11.3 Å². The summed E-state index contributed by atoms with van der Waals surface area (Å²) in [6.07, 6.45) is 1.43. The van der Waals surface area contributed by atoms with Gasteiger partial charge in [0, 0.05) is 29.2 Å². The van der Waals surface area contributed by atoms with E-state index < -0.39 is 0 Å². The second-order valence-corrected chi connectivity index (χ2v) is 6.51. The van der Waals surface area contributed by atoms with E-state index in [0.29, 0.717) is 23.7 Å². The maximum absolute atomic E-state index is 12.7. The summed E-state index contributed by atoms with van der Waals surface area (Å²) in [6.45, 7) is 2.26. The minimum Gasteiger partial charge on any atom is -0.369 e. The molecule has 6 nitrogen and oxygen atoms in total. The molecule has 0 saturated carbocycles. The van der Waals surface area contributed by atoms with Crippen LogP contribution in [0, 0.1) is 5.92 Å². The lowest BCUT2D eigenvalue weighted by Gasteiger charge is -2.36. The van der Waals surface area contributed by atoms with Gasteiger partial charge in [0.05, 0.1) is 5.92 Å². The largest absolute Gasteiger partial charge is 0.369 e. The normalized spacial score (nSPS) is 20.8. The van der Waals surface area contributed by atoms with Crippen molar-refractivity contribution in [2.45, 2.75) is 25.8 Å². The smallest absolute Gasteiger partial charge is 0.292 e. The fourth-order valence-corrected chi connectivity index (χ4v) is 3.11. The molecule has 2 atom stereocenters. The summed E-state index contributed by atoms with van der Waals surface area (Å²) in [5, 5.41) is 4.53. The van der Waals surface area contributed by atoms with Crippen molar-refractivity contribution < 1.29 is 14.1 Å². The number of hydrogen-bond acceptors (Lipinski definition) is 4. The number of hydrogen-bond donors (Lipinski definition) is 1. The number of amides is 2. The molecule has 0 radical (unpaired) electrons. The summed E-state index contributed by atoms with van der Waals surface area (Å²) >= 11 is 5.97. The quantitative estimate of drug-likeness (QED) is 0.924. The summed E-state index contributed by atoms with van der Waals surface area (Å²) in [4.78, 5) is 25.8. The van der Waals surface area contributed by atoms with Gasteiger partial charge in [0.15, 0.2) is 0 Å². The molecule has 7 heteroatoms. The Morgan fingerprint density at radius 1 is 1.33 bits per heavy atom. The SMILES string of the molecule is C[C@H]1CC[C@H](C(N)=O)CN1C(=O)c1cc(-c2cccc(Cl)c2)no1. The van der Waals surface area contributed by atoms with Crippen LogP contribution < -0.4 is 5.73 Å². The second-order valence-electron chi connectivity index (χ2n) is 6.07. The van der Waals surface area contributed by atoms with Crippen LogP contribution >= 0.6 is 11.6 Å². The average Bonchev–Trinajstić information content (AvgIpc) is 3.04. The van der Waals surface area contributed by atoms with E-state index in [1.54, 1.807) is 29.2 Å². The van der Waals surface area contributed by atoms with Crippen LogP contribution in [0.15, 0.2) is 34.9 Å². The zero-order valence-electron chi connectivity index (χ0n) is 13.2. The highest BCUT2D eigenvalue weighted by molar-refractivity contribution is 6.30. The molecule has 1 aliphatic rings. The summed E-state index contributed by atoms with van der Waals surface area (Å²) in [5.41, 5.74) is 6.69. The fourth-order valence-electron chi connectivity index (χ4n) is 2.92. The highest BCUT2D eigenvalue weighted by atomic mass is 35.5. The van der Waals surface area contributed by atoms with Gasteiger partial charge in [-0.05, 0) is 31.9 Å². The number of benzene rings is 1. The third kappa shape index (κ3) is 3.28. The van der Waals surface area contributed by atoms with E-state index in [4.69, 9.17) is 21.9 Å². The highest BCUT2D eigenvalue weighted by Crippen LogP contribution is 2.26. The molecule has 1 aromatic carbocycles. The van der Waals surface area contributed by atoms with Crippen LogP contribution in [0.2, 0.25) is 5.02 Å². The number of aromatic nitrogens is 1. The number of likely N-dealkylation sites (tertiary alicyclic amines) is 1. The zero-order valence-corrected chi connectivity index (χ0v) is 14.0. The first kappa shape index (κ1) is 16.5. The van der Waals surface area contributed by atoms with Crippen molar-refractivity contribution in [2.75, 3.05) is 6.54 Å². The first-order valence-electron chi connectivity index (χ1n) is 7.78. The van der Waals surface area contributed by atoms with Gasteiger partial charge in [-0.2, -0.15) is 0 Å². The molecular weight excluding hydrogens is 330 g/mol. The van der Waals surface area contributed by atoms with Gasteiger partial charge in [0.2, 0.25) is 11.7 Å². The second kappa shape index (κ2) is 6.65. The Labute approximate surface area is 144 Å². The summed E-state index contributed by atoms with van der Waals surface area (Å²) in [5.74, 6) is -0.839. The van der Waals surface area contributed by atoms with E-state index >= 15 is 0 Å². The van der Waals surface area contributed by atoms with Crippen LogP contribution in [0.1, 0.15) is 30.3 Å². The molecule has 1 saturated heterocycles. The zero-order chi connectivity index (χ0) is 17.3. The molecule has 1 aromatic heterocycles. The number of carbonyl (C=O) groups excluding carboxylic acids is 2. The molecule has 0 unspecified atom stereocenters. The lowest BCUT2D eigenvalue weighted by atomic mass is 9.92. The fraction of sp³-hybridized carbons (Fsp3) is 0.353. The Morgan fingerprint density at radius 2 is 2.12 bits per heavy atom. The molecule has 1 aliphatic heterocycles. The number of halogens is 1. The van der Waals surface area contributed by atoms with Crippen LogP contribution in [0.5, 0.6) is 0 Å². The molecule has 2 N–H and O–H groups in total. The molecule has 1 fully saturated rings. The number of primary amides is 1. The Hall–Kier alpha value is -2.34. The van der Waals surface area contributed by atoms with Crippen molar-refractivity contribution in [3.8, 4) is 11.3 Å². The van der Waals surface area contributed by atoms with E-state index in [9.17, 15) is 9.59 Å². The van der Waals surface area contributed by atoms with Gasteiger partial charge in [-0.15, -0.1) is 0 Å². The standard InChI is InChI=1S/C17H18ClN3O3/c1-10-5-6-12(16(19)22)9-21(10)17(23)15-8-14(20-24-15)11-3-2-4-13(18)7-11/h2-4,7-8,10,12H,5-6,9H2,1H3,(H2,19,22)/t10-,12-/m0/s1. The summed E-state index contributed by atoms with van der Waals surface area (Å²) in [7, 11) is 0. The maximum atomic E-state index is 12.7. The third-order valence-corrected chi connectivity index (χ3v) is 4.62. The number of rotatable bonds is 3.